The van der Waals surface area contributed by atoms with Gasteiger partial charge in [0.1, 0.15) is 6.04 Å². The number of benzene rings is 1. The Morgan fingerprint density at radius 2 is 1.95 bits per heavy atom. The standard InChI is InChI=1S/C14H14ClN3O2/c15-12-13(17-10-6-2-1-5-9(10)16-12)18-8-4-3-7-11(18)14(19)20/h1-2,5-6,11H,3-4,7-8H2,(H,19,20)/t11-/m0/s1. The normalized spacial score (nSPS) is 19.2. The molecule has 1 aliphatic rings. The summed E-state index contributed by atoms with van der Waals surface area (Å²) in [4.78, 5) is 21.9. The number of nitrogens with zero attached hydrogens (tertiary/aromatic N) is 3. The van der Waals surface area contributed by atoms with Crippen LogP contribution in [-0.4, -0.2) is 33.6 Å². The van der Waals surface area contributed by atoms with Crippen molar-refractivity contribution in [2.45, 2.75) is 25.3 Å². The quantitative estimate of drug-likeness (QED) is 0.921. The third-order valence-corrected chi connectivity index (χ3v) is 3.82. The molecule has 2 heterocycles. The van der Waals surface area contributed by atoms with Crippen molar-refractivity contribution < 1.29 is 9.90 Å². The van der Waals surface area contributed by atoms with Crippen LogP contribution in [0, 0.1) is 0 Å². The lowest BCUT2D eigenvalue weighted by molar-refractivity contribution is -0.139. The van der Waals surface area contributed by atoms with E-state index in [2.05, 4.69) is 9.97 Å². The second-order valence-electron chi connectivity index (χ2n) is 4.87. The average molecular weight is 292 g/mol. The van der Waals surface area contributed by atoms with Gasteiger partial charge < -0.3 is 10.0 Å². The van der Waals surface area contributed by atoms with E-state index in [1.807, 2.05) is 24.3 Å². The smallest absolute Gasteiger partial charge is 0.326 e. The third kappa shape index (κ3) is 2.29. The maximum absolute atomic E-state index is 11.4. The van der Waals surface area contributed by atoms with E-state index in [-0.39, 0.29) is 5.15 Å². The summed E-state index contributed by atoms with van der Waals surface area (Å²) in [5.41, 5.74) is 1.44. The highest BCUT2D eigenvalue weighted by Gasteiger charge is 2.31. The molecule has 1 fully saturated rings. The molecule has 104 valence electrons. The van der Waals surface area contributed by atoms with Crippen molar-refractivity contribution in [1.82, 2.24) is 9.97 Å². The molecule has 0 radical (unpaired) electrons. The fourth-order valence-electron chi connectivity index (χ4n) is 2.59. The Morgan fingerprint density at radius 3 is 2.65 bits per heavy atom. The molecule has 2 aromatic rings. The van der Waals surface area contributed by atoms with Gasteiger partial charge in [0.25, 0.3) is 0 Å². The predicted octanol–water partition coefficient (Wildman–Crippen LogP) is 2.73. The van der Waals surface area contributed by atoms with Crippen LogP contribution in [-0.2, 0) is 4.79 Å². The van der Waals surface area contributed by atoms with Gasteiger partial charge in [-0.25, -0.2) is 14.8 Å². The lowest BCUT2D eigenvalue weighted by Gasteiger charge is -2.34. The predicted molar refractivity (Wildman–Crippen MR) is 77.2 cm³/mol. The second kappa shape index (κ2) is 5.25. The minimum absolute atomic E-state index is 0.261. The van der Waals surface area contributed by atoms with Gasteiger partial charge in [-0.05, 0) is 31.4 Å². The van der Waals surface area contributed by atoms with E-state index in [0.717, 1.165) is 18.4 Å². The van der Waals surface area contributed by atoms with E-state index in [9.17, 15) is 9.90 Å². The van der Waals surface area contributed by atoms with Crippen molar-refractivity contribution in [3.8, 4) is 0 Å². The SMILES string of the molecule is O=C(O)[C@@H]1CCCCN1c1nc2ccccc2nc1Cl. The minimum Gasteiger partial charge on any atom is -0.480 e. The van der Waals surface area contributed by atoms with Gasteiger partial charge >= 0.3 is 5.97 Å². The molecule has 0 amide bonds. The van der Waals surface area contributed by atoms with Gasteiger partial charge in [-0.1, -0.05) is 23.7 Å². The van der Waals surface area contributed by atoms with Crippen LogP contribution >= 0.6 is 11.6 Å². The summed E-state index contributed by atoms with van der Waals surface area (Å²) in [6, 6.07) is 6.86. The zero-order chi connectivity index (χ0) is 14.1. The molecule has 5 nitrogen and oxygen atoms in total. The summed E-state index contributed by atoms with van der Waals surface area (Å²) >= 11 is 6.20. The van der Waals surface area contributed by atoms with Crippen LogP contribution in [0.15, 0.2) is 24.3 Å². The highest BCUT2D eigenvalue weighted by molar-refractivity contribution is 6.32. The molecule has 1 atom stereocenters. The second-order valence-corrected chi connectivity index (χ2v) is 5.23. The summed E-state index contributed by atoms with van der Waals surface area (Å²) < 4.78 is 0. The number of halogens is 1. The van der Waals surface area contributed by atoms with Gasteiger partial charge in [-0.2, -0.15) is 0 Å². The van der Waals surface area contributed by atoms with E-state index in [1.54, 1.807) is 4.90 Å². The first-order chi connectivity index (χ1) is 9.66. The van der Waals surface area contributed by atoms with Crippen LogP contribution in [0.5, 0.6) is 0 Å². The molecule has 1 aromatic carbocycles. The van der Waals surface area contributed by atoms with Crippen molar-refractivity contribution in [2.24, 2.45) is 0 Å². The maximum Gasteiger partial charge on any atom is 0.326 e. The molecular weight excluding hydrogens is 278 g/mol. The number of fused-ring (bicyclic) bond motifs is 1. The Bertz CT molecular complexity index is 662. The first-order valence-corrected chi connectivity index (χ1v) is 6.96. The fourth-order valence-corrected chi connectivity index (χ4v) is 2.84. The first-order valence-electron chi connectivity index (χ1n) is 6.58. The Balaban J connectivity index is 2.07. The van der Waals surface area contributed by atoms with Crippen LogP contribution in [0.2, 0.25) is 5.15 Å². The largest absolute Gasteiger partial charge is 0.480 e. The van der Waals surface area contributed by atoms with Crippen LogP contribution in [0.25, 0.3) is 11.0 Å². The summed E-state index contributed by atoms with van der Waals surface area (Å²) in [7, 11) is 0. The van der Waals surface area contributed by atoms with Gasteiger partial charge in [-0.15, -0.1) is 0 Å². The Hall–Kier alpha value is -1.88. The fraction of sp³-hybridized carbons (Fsp3) is 0.357. The number of carboxylic acids is 1. The van der Waals surface area contributed by atoms with Crippen molar-refractivity contribution >= 4 is 34.4 Å². The number of hydrogen-bond donors (Lipinski definition) is 1. The van der Waals surface area contributed by atoms with Crippen molar-refractivity contribution in [3.63, 3.8) is 0 Å². The number of aliphatic carboxylic acids is 1. The average Bonchev–Trinajstić information content (AvgIpc) is 2.46. The van der Waals surface area contributed by atoms with Crippen molar-refractivity contribution in [1.29, 1.82) is 0 Å². The van der Waals surface area contributed by atoms with Crippen LogP contribution in [0.1, 0.15) is 19.3 Å². The van der Waals surface area contributed by atoms with Gasteiger partial charge in [0.05, 0.1) is 11.0 Å². The molecule has 0 unspecified atom stereocenters. The third-order valence-electron chi connectivity index (χ3n) is 3.57. The summed E-state index contributed by atoms with van der Waals surface area (Å²) in [6.07, 6.45) is 2.46. The molecular formula is C14H14ClN3O2. The highest BCUT2D eigenvalue weighted by Crippen LogP contribution is 2.30. The summed E-state index contributed by atoms with van der Waals surface area (Å²) in [5.74, 6) is -0.367. The Labute approximate surface area is 121 Å². The molecule has 1 aromatic heterocycles. The Morgan fingerprint density at radius 1 is 1.25 bits per heavy atom. The molecule has 1 N–H and O–H groups in total. The van der Waals surface area contributed by atoms with E-state index >= 15 is 0 Å². The van der Waals surface area contributed by atoms with E-state index < -0.39 is 12.0 Å². The van der Waals surface area contributed by atoms with E-state index in [0.29, 0.717) is 24.3 Å². The monoisotopic (exact) mass is 291 g/mol. The zero-order valence-electron chi connectivity index (χ0n) is 10.8. The number of para-hydroxylation sites is 2. The van der Waals surface area contributed by atoms with E-state index in [1.165, 1.54) is 0 Å². The lowest BCUT2D eigenvalue weighted by Crippen LogP contribution is -2.45. The van der Waals surface area contributed by atoms with Crippen LogP contribution in [0.3, 0.4) is 0 Å². The van der Waals surface area contributed by atoms with Crippen molar-refractivity contribution in [2.75, 3.05) is 11.4 Å². The van der Waals surface area contributed by atoms with Crippen LogP contribution < -0.4 is 4.90 Å². The number of carboxylic acid groups (broad SMARTS) is 1. The number of anilines is 1. The summed E-state index contributed by atoms with van der Waals surface area (Å²) in [5, 5.41) is 9.60. The van der Waals surface area contributed by atoms with Gasteiger partial charge in [0.15, 0.2) is 11.0 Å². The molecule has 0 aliphatic carbocycles. The number of rotatable bonds is 2. The van der Waals surface area contributed by atoms with Crippen molar-refractivity contribution in [3.05, 3.63) is 29.4 Å². The van der Waals surface area contributed by atoms with E-state index in [4.69, 9.17) is 11.6 Å². The number of piperidine rings is 1. The zero-order valence-corrected chi connectivity index (χ0v) is 11.5. The minimum atomic E-state index is -0.837. The Kier molecular flexibility index (Phi) is 3.44. The topological polar surface area (TPSA) is 66.3 Å². The molecule has 0 saturated carbocycles. The maximum atomic E-state index is 11.4. The van der Waals surface area contributed by atoms with Gasteiger partial charge in [0.2, 0.25) is 0 Å². The lowest BCUT2D eigenvalue weighted by atomic mass is 10.0. The number of carbonyl (C=O) groups is 1. The number of hydrogen-bond acceptors (Lipinski definition) is 4. The molecule has 6 heteroatoms. The number of aromatic nitrogens is 2. The molecule has 3 rings (SSSR count). The van der Waals surface area contributed by atoms with Gasteiger partial charge in [0, 0.05) is 6.54 Å². The summed E-state index contributed by atoms with van der Waals surface area (Å²) in [6.45, 7) is 0.643. The molecule has 0 spiro atoms. The van der Waals surface area contributed by atoms with Crippen LogP contribution in [0.4, 0.5) is 5.82 Å². The molecule has 20 heavy (non-hydrogen) atoms. The molecule has 0 bridgehead atoms. The van der Waals surface area contributed by atoms with Gasteiger partial charge in [-0.3, -0.25) is 0 Å². The molecule has 1 aliphatic heterocycles. The molecule has 1 saturated heterocycles. The first kappa shape index (κ1) is 13.1. The highest BCUT2D eigenvalue weighted by atomic mass is 35.5.